The number of hydrogen-bond acceptors (Lipinski definition) is 1. The number of nitrogens with zero attached hydrogens (tertiary/aromatic N) is 1. The molecule has 1 aliphatic carbocycles. The van der Waals surface area contributed by atoms with Crippen LogP contribution in [0.4, 0.5) is 0 Å². The third-order valence-corrected chi connectivity index (χ3v) is 3.45. The summed E-state index contributed by atoms with van der Waals surface area (Å²) in [4.78, 5) is 13.5. The third kappa shape index (κ3) is 2.69. The highest BCUT2D eigenvalue weighted by Gasteiger charge is 2.31. The number of rotatable bonds is 3. The molecule has 1 aromatic carbocycles. The van der Waals surface area contributed by atoms with E-state index in [1.54, 1.807) is 17.0 Å². The van der Waals surface area contributed by atoms with E-state index < -0.39 is 0 Å². The molecule has 0 heterocycles. The number of benzene rings is 1. The Kier molecular flexibility index (Phi) is 3.41. The standard InChI is InChI=1S/C12H13Cl2NO/c1-15(12(16)9-3-4-9)7-8-2-5-10(13)11(14)6-8/h2,5-6,9H,3-4,7H2,1H3. The predicted molar refractivity (Wildman–Crippen MR) is 65.7 cm³/mol. The fourth-order valence-electron chi connectivity index (χ4n) is 1.63. The van der Waals surface area contributed by atoms with Crippen molar-refractivity contribution in [2.75, 3.05) is 7.05 Å². The van der Waals surface area contributed by atoms with Crippen LogP contribution in [0.1, 0.15) is 18.4 Å². The monoisotopic (exact) mass is 257 g/mol. The summed E-state index contributed by atoms with van der Waals surface area (Å²) in [6, 6.07) is 5.46. The van der Waals surface area contributed by atoms with Gasteiger partial charge >= 0.3 is 0 Å². The summed E-state index contributed by atoms with van der Waals surface area (Å²) >= 11 is 11.7. The summed E-state index contributed by atoms with van der Waals surface area (Å²) in [6.45, 7) is 0.590. The van der Waals surface area contributed by atoms with Gasteiger partial charge in [-0.05, 0) is 30.5 Å². The maximum atomic E-state index is 11.7. The van der Waals surface area contributed by atoms with Gasteiger partial charge < -0.3 is 4.90 Å². The van der Waals surface area contributed by atoms with Crippen LogP contribution in [0.15, 0.2) is 18.2 Å². The molecule has 0 atom stereocenters. The lowest BCUT2D eigenvalue weighted by molar-refractivity contribution is -0.131. The van der Waals surface area contributed by atoms with Gasteiger partial charge in [0.1, 0.15) is 0 Å². The highest BCUT2D eigenvalue weighted by Crippen LogP contribution is 2.31. The van der Waals surface area contributed by atoms with E-state index >= 15 is 0 Å². The van der Waals surface area contributed by atoms with E-state index in [1.807, 2.05) is 13.1 Å². The van der Waals surface area contributed by atoms with Gasteiger partial charge in [-0.1, -0.05) is 29.3 Å². The van der Waals surface area contributed by atoms with E-state index in [-0.39, 0.29) is 11.8 Å². The molecular weight excluding hydrogens is 245 g/mol. The second-order valence-corrected chi connectivity index (χ2v) is 5.03. The Bertz CT molecular complexity index is 415. The average molecular weight is 258 g/mol. The largest absolute Gasteiger partial charge is 0.341 e. The molecule has 2 rings (SSSR count). The summed E-state index contributed by atoms with van der Waals surface area (Å²) in [6.07, 6.45) is 2.06. The van der Waals surface area contributed by atoms with Crippen molar-refractivity contribution in [2.45, 2.75) is 19.4 Å². The Balaban J connectivity index is 2.02. The quantitative estimate of drug-likeness (QED) is 0.814. The van der Waals surface area contributed by atoms with Gasteiger partial charge in [0.2, 0.25) is 5.91 Å². The first kappa shape index (κ1) is 11.7. The minimum Gasteiger partial charge on any atom is -0.341 e. The van der Waals surface area contributed by atoms with Crippen molar-refractivity contribution >= 4 is 29.1 Å². The maximum Gasteiger partial charge on any atom is 0.225 e. The highest BCUT2D eigenvalue weighted by atomic mass is 35.5. The van der Waals surface area contributed by atoms with Crippen molar-refractivity contribution < 1.29 is 4.79 Å². The highest BCUT2D eigenvalue weighted by molar-refractivity contribution is 6.42. The summed E-state index contributed by atoms with van der Waals surface area (Å²) in [7, 11) is 1.82. The molecule has 1 amide bonds. The van der Waals surface area contributed by atoms with Crippen LogP contribution in [-0.4, -0.2) is 17.9 Å². The van der Waals surface area contributed by atoms with Gasteiger partial charge in [-0.2, -0.15) is 0 Å². The SMILES string of the molecule is CN(Cc1ccc(Cl)c(Cl)c1)C(=O)C1CC1. The van der Waals surface area contributed by atoms with Gasteiger partial charge in [0.25, 0.3) is 0 Å². The van der Waals surface area contributed by atoms with Crippen molar-refractivity contribution in [2.24, 2.45) is 5.92 Å². The van der Waals surface area contributed by atoms with Gasteiger partial charge in [-0.3, -0.25) is 4.79 Å². The Hall–Kier alpha value is -0.730. The van der Waals surface area contributed by atoms with Crippen molar-refractivity contribution in [3.8, 4) is 0 Å². The van der Waals surface area contributed by atoms with E-state index in [1.165, 1.54) is 0 Å². The first-order valence-electron chi connectivity index (χ1n) is 5.27. The van der Waals surface area contributed by atoms with Gasteiger partial charge in [0.15, 0.2) is 0 Å². The molecule has 0 aliphatic heterocycles. The zero-order valence-corrected chi connectivity index (χ0v) is 10.6. The fourth-order valence-corrected chi connectivity index (χ4v) is 1.95. The second kappa shape index (κ2) is 4.64. The van der Waals surface area contributed by atoms with Crippen molar-refractivity contribution in [3.05, 3.63) is 33.8 Å². The molecule has 86 valence electrons. The zero-order chi connectivity index (χ0) is 11.7. The third-order valence-electron chi connectivity index (χ3n) is 2.71. The number of carbonyl (C=O) groups excluding carboxylic acids is 1. The lowest BCUT2D eigenvalue weighted by Crippen LogP contribution is -2.27. The molecule has 2 nitrogen and oxygen atoms in total. The van der Waals surface area contributed by atoms with Gasteiger partial charge in [-0.15, -0.1) is 0 Å². The topological polar surface area (TPSA) is 20.3 Å². The molecule has 1 aliphatic rings. The van der Waals surface area contributed by atoms with Crippen molar-refractivity contribution in [1.82, 2.24) is 4.90 Å². The normalized spacial score (nSPS) is 14.9. The molecule has 1 aromatic rings. The van der Waals surface area contributed by atoms with Crippen LogP contribution >= 0.6 is 23.2 Å². The molecule has 0 aromatic heterocycles. The first-order chi connectivity index (χ1) is 7.58. The van der Waals surface area contributed by atoms with Crippen LogP contribution in [0.5, 0.6) is 0 Å². The number of amides is 1. The van der Waals surface area contributed by atoms with Crippen LogP contribution in [0.3, 0.4) is 0 Å². The predicted octanol–water partition coefficient (Wildman–Crippen LogP) is 3.36. The molecule has 0 spiro atoms. The maximum absolute atomic E-state index is 11.7. The number of hydrogen-bond donors (Lipinski definition) is 0. The van der Waals surface area contributed by atoms with Crippen LogP contribution in [0, 0.1) is 5.92 Å². The molecule has 1 saturated carbocycles. The van der Waals surface area contributed by atoms with Gasteiger partial charge in [0.05, 0.1) is 10.0 Å². The average Bonchev–Trinajstić information content (AvgIpc) is 3.06. The lowest BCUT2D eigenvalue weighted by Gasteiger charge is -2.17. The summed E-state index contributed by atoms with van der Waals surface area (Å²) < 4.78 is 0. The molecule has 1 fully saturated rings. The Labute approximate surface area is 105 Å². The van der Waals surface area contributed by atoms with Crippen LogP contribution < -0.4 is 0 Å². The van der Waals surface area contributed by atoms with E-state index in [0.717, 1.165) is 18.4 Å². The molecule has 0 N–H and O–H groups in total. The minimum atomic E-state index is 0.228. The van der Waals surface area contributed by atoms with E-state index in [0.29, 0.717) is 16.6 Å². The number of carbonyl (C=O) groups is 1. The van der Waals surface area contributed by atoms with Crippen LogP contribution in [0.25, 0.3) is 0 Å². The number of halogens is 2. The fraction of sp³-hybridized carbons (Fsp3) is 0.417. The summed E-state index contributed by atoms with van der Waals surface area (Å²) in [5.74, 6) is 0.485. The van der Waals surface area contributed by atoms with Crippen molar-refractivity contribution in [3.63, 3.8) is 0 Å². The Morgan fingerprint density at radius 1 is 1.38 bits per heavy atom. The minimum absolute atomic E-state index is 0.228. The summed E-state index contributed by atoms with van der Waals surface area (Å²) in [5.41, 5.74) is 1.01. The Morgan fingerprint density at radius 3 is 2.62 bits per heavy atom. The molecule has 0 unspecified atom stereocenters. The molecule has 0 saturated heterocycles. The van der Waals surface area contributed by atoms with Crippen LogP contribution in [0.2, 0.25) is 10.0 Å². The van der Waals surface area contributed by atoms with Gasteiger partial charge in [-0.25, -0.2) is 0 Å². The van der Waals surface area contributed by atoms with E-state index in [2.05, 4.69) is 0 Å². The van der Waals surface area contributed by atoms with Gasteiger partial charge in [0, 0.05) is 19.5 Å². The van der Waals surface area contributed by atoms with E-state index in [9.17, 15) is 4.79 Å². The van der Waals surface area contributed by atoms with Crippen LogP contribution in [-0.2, 0) is 11.3 Å². The molecule has 0 radical (unpaired) electrons. The van der Waals surface area contributed by atoms with E-state index in [4.69, 9.17) is 23.2 Å². The first-order valence-corrected chi connectivity index (χ1v) is 6.02. The Morgan fingerprint density at radius 2 is 2.06 bits per heavy atom. The zero-order valence-electron chi connectivity index (χ0n) is 9.04. The van der Waals surface area contributed by atoms with Crippen molar-refractivity contribution in [1.29, 1.82) is 0 Å². The molecule has 16 heavy (non-hydrogen) atoms. The molecular formula is C12H13Cl2NO. The molecule has 0 bridgehead atoms. The second-order valence-electron chi connectivity index (χ2n) is 4.22. The lowest BCUT2D eigenvalue weighted by atomic mass is 10.2. The smallest absolute Gasteiger partial charge is 0.225 e. The molecule has 4 heteroatoms. The summed E-state index contributed by atoms with van der Waals surface area (Å²) in [5, 5.41) is 1.08.